The van der Waals surface area contributed by atoms with Gasteiger partial charge in [-0.2, -0.15) is 13.9 Å². The van der Waals surface area contributed by atoms with E-state index >= 15 is 0 Å². The fourth-order valence-electron chi connectivity index (χ4n) is 4.60. The molecule has 1 aliphatic rings. The molecule has 2 unspecified atom stereocenters. The van der Waals surface area contributed by atoms with Crippen molar-refractivity contribution in [1.82, 2.24) is 10.2 Å². The molecule has 2 N–H and O–H groups in total. The standard InChI is InChI=1S/C26H24F2N4O3/c1-34-25-22(29-17-5-4-6-19(15-17)35-26(27)28)13-14-32(25)18-11-9-16(10-12-18)23-20-7-2-3-8-21(20)24(33)31-30-23/h2-12,15,22,25-26,29H,13-14H2,1H3,(H,31,33). The zero-order valence-electron chi connectivity index (χ0n) is 18.9. The van der Waals surface area contributed by atoms with Crippen molar-refractivity contribution in [2.24, 2.45) is 0 Å². The molecule has 1 aromatic heterocycles. The summed E-state index contributed by atoms with van der Waals surface area (Å²) in [5.41, 5.74) is 3.05. The smallest absolute Gasteiger partial charge is 0.387 e. The van der Waals surface area contributed by atoms with Crippen LogP contribution in [0.25, 0.3) is 22.0 Å². The predicted molar refractivity (Wildman–Crippen MR) is 131 cm³/mol. The quantitative estimate of drug-likeness (QED) is 0.395. The molecule has 1 saturated heterocycles. The van der Waals surface area contributed by atoms with Crippen molar-refractivity contribution in [3.8, 4) is 17.0 Å². The van der Waals surface area contributed by atoms with Gasteiger partial charge in [0, 0.05) is 42.0 Å². The average molecular weight is 478 g/mol. The number of rotatable bonds is 7. The molecule has 0 bridgehead atoms. The van der Waals surface area contributed by atoms with Crippen LogP contribution in [0.5, 0.6) is 5.75 Å². The van der Waals surface area contributed by atoms with Crippen LogP contribution >= 0.6 is 0 Å². The SMILES string of the molecule is COC1C(Nc2cccc(OC(F)F)c2)CCN1c1ccc(-c2n[nH]c(=O)c3ccccc23)cc1. The number of aromatic nitrogens is 2. The van der Waals surface area contributed by atoms with E-state index in [0.29, 0.717) is 16.8 Å². The number of H-pyrrole nitrogens is 1. The largest absolute Gasteiger partial charge is 0.435 e. The number of alkyl halides is 2. The molecule has 35 heavy (non-hydrogen) atoms. The van der Waals surface area contributed by atoms with E-state index < -0.39 is 6.61 Å². The minimum Gasteiger partial charge on any atom is -0.435 e. The number of nitrogens with zero attached hydrogens (tertiary/aromatic N) is 2. The lowest BCUT2D eigenvalue weighted by Gasteiger charge is -2.29. The third-order valence-corrected chi connectivity index (χ3v) is 6.15. The summed E-state index contributed by atoms with van der Waals surface area (Å²) in [5, 5.41) is 11.6. The topological polar surface area (TPSA) is 79.5 Å². The van der Waals surface area contributed by atoms with Crippen molar-refractivity contribution in [3.05, 3.63) is 83.2 Å². The van der Waals surface area contributed by atoms with E-state index in [1.54, 1.807) is 25.3 Å². The lowest BCUT2D eigenvalue weighted by molar-refractivity contribution is -0.0498. The first-order chi connectivity index (χ1) is 17.0. The number of methoxy groups -OCH3 is 1. The van der Waals surface area contributed by atoms with Crippen LogP contribution in [0.2, 0.25) is 0 Å². The Kier molecular flexibility index (Phi) is 6.33. The Morgan fingerprint density at radius 2 is 1.83 bits per heavy atom. The van der Waals surface area contributed by atoms with Gasteiger partial charge in [-0.1, -0.05) is 36.4 Å². The molecule has 0 spiro atoms. The van der Waals surface area contributed by atoms with Gasteiger partial charge in [-0.25, -0.2) is 5.10 Å². The van der Waals surface area contributed by atoms with Crippen LogP contribution in [-0.4, -0.2) is 42.7 Å². The van der Waals surface area contributed by atoms with Crippen molar-refractivity contribution in [2.45, 2.75) is 25.3 Å². The van der Waals surface area contributed by atoms with Crippen molar-refractivity contribution in [2.75, 3.05) is 23.9 Å². The number of benzene rings is 3. The highest BCUT2D eigenvalue weighted by Gasteiger charge is 2.34. The van der Waals surface area contributed by atoms with E-state index in [4.69, 9.17) is 4.74 Å². The monoisotopic (exact) mass is 478 g/mol. The first-order valence-corrected chi connectivity index (χ1v) is 11.2. The van der Waals surface area contributed by atoms with Gasteiger partial charge >= 0.3 is 6.61 Å². The summed E-state index contributed by atoms with van der Waals surface area (Å²) >= 11 is 0. The highest BCUT2D eigenvalue weighted by molar-refractivity contribution is 5.93. The predicted octanol–water partition coefficient (Wildman–Crippen LogP) is 4.85. The number of anilines is 2. The molecular formula is C26H24F2N4O3. The van der Waals surface area contributed by atoms with Crippen LogP contribution in [0.4, 0.5) is 20.2 Å². The zero-order valence-corrected chi connectivity index (χ0v) is 18.9. The van der Waals surface area contributed by atoms with E-state index in [2.05, 4.69) is 25.2 Å². The van der Waals surface area contributed by atoms with E-state index in [9.17, 15) is 13.6 Å². The summed E-state index contributed by atoms with van der Waals surface area (Å²) in [4.78, 5) is 14.3. The third kappa shape index (κ3) is 4.67. The number of fused-ring (bicyclic) bond motifs is 1. The van der Waals surface area contributed by atoms with Crippen LogP contribution in [-0.2, 0) is 4.74 Å². The van der Waals surface area contributed by atoms with Gasteiger partial charge in [0.05, 0.1) is 17.1 Å². The summed E-state index contributed by atoms with van der Waals surface area (Å²) < 4.78 is 35.4. The summed E-state index contributed by atoms with van der Waals surface area (Å²) in [6, 6.07) is 21.8. The number of ether oxygens (including phenoxy) is 2. The number of hydrogen-bond donors (Lipinski definition) is 2. The summed E-state index contributed by atoms with van der Waals surface area (Å²) in [5.74, 6) is 0.104. The van der Waals surface area contributed by atoms with Gasteiger partial charge in [-0.15, -0.1) is 0 Å². The van der Waals surface area contributed by atoms with Crippen LogP contribution < -0.4 is 20.5 Å². The molecule has 0 amide bonds. The van der Waals surface area contributed by atoms with Crippen molar-refractivity contribution in [3.63, 3.8) is 0 Å². The van der Waals surface area contributed by atoms with Gasteiger partial charge in [0.1, 0.15) is 12.0 Å². The van der Waals surface area contributed by atoms with Crippen molar-refractivity contribution >= 4 is 22.1 Å². The Morgan fingerprint density at radius 3 is 2.57 bits per heavy atom. The molecule has 2 atom stereocenters. The first kappa shape index (κ1) is 22.8. The second kappa shape index (κ2) is 9.71. The highest BCUT2D eigenvalue weighted by Crippen LogP contribution is 2.32. The fraction of sp³-hybridized carbons (Fsp3) is 0.231. The Labute approximate surface area is 200 Å². The van der Waals surface area contributed by atoms with Crippen molar-refractivity contribution < 1.29 is 18.3 Å². The summed E-state index contributed by atoms with van der Waals surface area (Å²) in [7, 11) is 1.65. The molecule has 5 rings (SSSR count). The van der Waals surface area contributed by atoms with E-state index in [-0.39, 0.29) is 23.6 Å². The fourth-order valence-corrected chi connectivity index (χ4v) is 4.60. The van der Waals surface area contributed by atoms with Gasteiger partial charge in [0.25, 0.3) is 5.56 Å². The molecule has 0 radical (unpaired) electrons. The van der Waals surface area contributed by atoms with Crippen LogP contribution in [0.3, 0.4) is 0 Å². The number of hydrogen-bond acceptors (Lipinski definition) is 6. The Hall–Kier alpha value is -3.98. The van der Waals surface area contributed by atoms with Crippen LogP contribution in [0.15, 0.2) is 77.6 Å². The van der Waals surface area contributed by atoms with E-state index in [1.165, 1.54) is 6.07 Å². The Bertz CT molecular complexity index is 1380. The molecule has 9 heteroatoms. The number of aromatic amines is 1. The number of nitrogens with one attached hydrogen (secondary N) is 2. The lowest BCUT2D eigenvalue weighted by Crippen LogP contribution is -2.40. The average Bonchev–Trinajstić information content (AvgIpc) is 3.27. The molecule has 1 fully saturated rings. The molecular weight excluding hydrogens is 454 g/mol. The number of halogens is 2. The normalized spacial score (nSPS) is 17.8. The van der Waals surface area contributed by atoms with Gasteiger partial charge in [0.2, 0.25) is 0 Å². The Balaban J connectivity index is 1.35. The van der Waals surface area contributed by atoms with Gasteiger partial charge < -0.3 is 19.7 Å². The summed E-state index contributed by atoms with van der Waals surface area (Å²) in [6.45, 7) is -2.12. The second-order valence-corrected chi connectivity index (χ2v) is 8.26. The van der Waals surface area contributed by atoms with E-state index in [0.717, 1.165) is 29.6 Å². The Morgan fingerprint density at radius 1 is 1.06 bits per heavy atom. The van der Waals surface area contributed by atoms with Gasteiger partial charge in [-0.05, 0) is 36.8 Å². The van der Waals surface area contributed by atoms with Gasteiger partial charge in [0.15, 0.2) is 0 Å². The second-order valence-electron chi connectivity index (χ2n) is 8.26. The van der Waals surface area contributed by atoms with E-state index in [1.807, 2.05) is 48.5 Å². The van der Waals surface area contributed by atoms with Crippen LogP contribution in [0, 0.1) is 0 Å². The molecule has 4 aromatic rings. The molecule has 2 heterocycles. The zero-order chi connectivity index (χ0) is 24.4. The molecule has 7 nitrogen and oxygen atoms in total. The maximum atomic E-state index is 12.6. The molecule has 0 aliphatic carbocycles. The van der Waals surface area contributed by atoms with Crippen LogP contribution in [0.1, 0.15) is 6.42 Å². The molecule has 1 aliphatic heterocycles. The molecule has 0 saturated carbocycles. The maximum absolute atomic E-state index is 12.6. The van der Waals surface area contributed by atoms with Gasteiger partial charge in [-0.3, -0.25) is 4.79 Å². The summed E-state index contributed by atoms with van der Waals surface area (Å²) in [6.07, 6.45) is 0.541. The highest BCUT2D eigenvalue weighted by atomic mass is 19.3. The van der Waals surface area contributed by atoms with Crippen molar-refractivity contribution in [1.29, 1.82) is 0 Å². The molecule has 180 valence electrons. The maximum Gasteiger partial charge on any atom is 0.387 e. The lowest BCUT2D eigenvalue weighted by atomic mass is 10.0. The molecule has 3 aromatic carbocycles. The third-order valence-electron chi connectivity index (χ3n) is 6.15. The minimum atomic E-state index is -2.87. The minimum absolute atomic E-state index is 0.0497. The first-order valence-electron chi connectivity index (χ1n) is 11.2.